The first-order valence-electron chi connectivity index (χ1n) is 5.62. The van der Waals surface area contributed by atoms with E-state index in [0.29, 0.717) is 13.1 Å². The van der Waals surface area contributed by atoms with Crippen LogP contribution in [0.25, 0.3) is 0 Å². The Balaban J connectivity index is 1.80. The van der Waals surface area contributed by atoms with E-state index < -0.39 is 0 Å². The van der Waals surface area contributed by atoms with Crippen molar-refractivity contribution in [3.05, 3.63) is 71.8 Å². The molecule has 0 aliphatic rings. The molecule has 3 heteroatoms. The molecule has 0 atom stereocenters. The molecular formula is C14H16N2O. The fourth-order valence-electron chi connectivity index (χ4n) is 1.59. The summed E-state index contributed by atoms with van der Waals surface area (Å²) in [7, 11) is 0. The molecule has 88 valence electrons. The predicted octanol–water partition coefficient (Wildman–Crippen LogP) is 2.58. The molecule has 0 aliphatic carbocycles. The second-order valence-corrected chi connectivity index (χ2v) is 3.86. The zero-order valence-electron chi connectivity index (χ0n) is 9.58. The molecule has 2 rings (SSSR count). The van der Waals surface area contributed by atoms with Gasteiger partial charge in [0.05, 0.1) is 6.54 Å². The first kappa shape index (κ1) is 11.8. The lowest BCUT2D eigenvalue weighted by Crippen LogP contribution is -2.33. The number of hydroxylamine groups is 1. The second kappa shape index (κ2) is 6.15. The zero-order valence-corrected chi connectivity index (χ0v) is 9.58. The van der Waals surface area contributed by atoms with Crippen molar-refractivity contribution in [2.24, 2.45) is 0 Å². The van der Waals surface area contributed by atoms with Crippen molar-refractivity contribution in [1.82, 2.24) is 10.6 Å². The fourth-order valence-corrected chi connectivity index (χ4v) is 1.59. The number of rotatable bonds is 5. The van der Waals surface area contributed by atoms with Gasteiger partial charge in [0.2, 0.25) is 0 Å². The molecule has 0 amide bonds. The summed E-state index contributed by atoms with van der Waals surface area (Å²) in [5.41, 5.74) is 5.14. The van der Waals surface area contributed by atoms with E-state index in [4.69, 9.17) is 0 Å². The molecule has 0 saturated heterocycles. The van der Waals surface area contributed by atoms with Crippen LogP contribution in [0.1, 0.15) is 11.1 Å². The lowest BCUT2D eigenvalue weighted by Gasteiger charge is -2.16. The zero-order chi connectivity index (χ0) is 11.9. The molecule has 17 heavy (non-hydrogen) atoms. The number of nitrogens with one attached hydrogen (secondary N) is 1. The van der Waals surface area contributed by atoms with Gasteiger partial charge in [-0.05, 0) is 11.1 Å². The van der Waals surface area contributed by atoms with Crippen molar-refractivity contribution in [2.75, 3.05) is 0 Å². The molecule has 0 aromatic heterocycles. The van der Waals surface area contributed by atoms with Crippen molar-refractivity contribution in [2.45, 2.75) is 13.1 Å². The maximum absolute atomic E-state index is 9.69. The number of nitrogens with zero attached hydrogens (tertiary/aromatic N) is 1. The molecule has 2 N–H and O–H groups in total. The smallest absolute Gasteiger partial charge is 0.0649 e. The molecular weight excluding hydrogens is 212 g/mol. The third kappa shape index (κ3) is 4.00. The highest BCUT2D eigenvalue weighted by atomic mass is 16.5. The largest absolute Gasteiger partial charge is 0.299 e. The Hall–Kier alpha value is -1.68. The number of hydrazine groups is 1. The van der Waals surface area contributed by atoms with E-state index in [1.165, 1.54) is 0 Å². The maximum Gasteiger partial charge on any atom is 0.0649 e. The average Bonchev–Trinajstić information content (AvgIpc) is 2.39. The molecule has 0 fully saturated rings. The van der Waals surface area contributed by atoms with E-state index in [1.54, 1.807) is 0 Å². The third-order valence-corrected chi connectivity index (χ3v) is 2.48. The number of benzene rings is 2. The van der Waals surface area contributed by atoms with Gasteiger partial charge in [0.25, 0.3) is 0 Å². The van der Waals surface area contributed by atoms with E-state index in [1.807, 2.05) is 60.7 Å². The van der Waals surface area contributed by atoms with Gasteiger partial charge in [-0.1, -0.05) is 60.7 Å². The van der Waals surface area contributed by atoms with Crippen molar-refractivity contribution in [1.29, 1.82) is 0 Å². The average molecular weight is 228 g/mol. The van der Waals surface area contributed by atoms with Crippen LogP contribution >= 0.6 is 0 Å². The minimum Gasteiger partial charge on any atom is -0.299 e. The van der Waals surface area contributed by atoms with Gasteiger partial charge in [-0.15, -0.1) is 5.17 Å². The van der Waals surface area contributed by atoms with E-state index in [-0.39, 0.29) is 0 Å². The molecule has 0 saturated carbocycles. The minimum atomic E-state index is 0.466. The molecule has 0 unspecified atom stereocenters. The Morgan fingerprint density at radius 1 is 0.824 bits per heavy atom. The van der Waals surface area contributed by atoms with Gasteiger partial charge in [0.15, 0.2) is 0 Å². The van der Waals surface area contributed by atoms with Crippen LogP contribution in [0.5, 0.6) is 0 Å². The van der Waals surface area contributed by atoms with Crippen LogP contribution in [-0.2, 0) is 13.1 Å². The first-order chi connectivity index (χ1) is 8.34. The molecule has 0 heterocycles. The standard InChI is InChI=1S/C14H16N2O/c17-16(12-14-9-5-2-6-10-14)15-11-13-7-3-1-4-8-13/h1-10,15,17H,11-12H2. The Morgan fingerprint density at radius 3 is 1.94 bits per heavy atom. The second-order valence-electron chi connectivity index (χ2n) is 3.86. The Bertz CT molecular complexity index is 430. The predicted molar refractivity (Wildman–Crippen MR) is 67.1 cm³/mol. The Kier molecular flexibility index (Phi) is 4.27. The normalized spacial score (nSPS) is 10.7. The van der Waals surface area contributed by atoms with E-state index >= 15 is 0 Å². The van der Waals surface area contributed by atoms with Gasteiger partial charge >= 0.3 is 0 Å². The van der Waals surface area contributed by atoms with Gasteiger partial charge in [-0.2, -0.15) is 0 Å². The summed E-state index contributed by atoms with van der Waals surface area (Å²) < 4.78 is 0. The van der Waals surface area contributed by atoms with Crippen LogP contribution in [0.4, 0.5) is 0 Å². The van der Waals surface area contributed by atoms with Crippen molar-refractivity contribution >= 4 is 0 Å². The summed E-state index contributed by atoms with van der Waals surface area (Å²) in [5, 5.41) is 10.8. The fraction of sp³-hybridized carbons (Fsp3) is 0.143. The highest BCUT2D eigenvalue weighted by molar-refractivity contribution is 5.15. The van der Waals surface area contributed by atoms with Gasteiger partial charge in [-0.3, -0.25) is 5.21 Å². The Labute approximate surface area is 101 Å². The van der Waals surface area contributed by atoms with Gasteiger partial charge in [0.1, 0.15) is 0 Å². The minimum absolute atomic E-state index is 0.466. The Morgan fingerprint density at radius 2 is 1.35 bits per heavy atom. The van der Waals surface area contributed by atoms with Crippen LogP contribution < -0.4 is 5.43 Å². The summed E-state index contributed by atoms with van der Waals surface area (Å²) in [5.74, 6) is 0. The third-order valence-electron chi connectivity index (χ3n) is 2.48. The maximum atomic E-state index is 9.69. The first-order valence-corrected chi connectivity index (χ1v) is 5.62. The monoisotopic (exact) mass is 228 g/mol. The molecule has 0 spiro atoms. The van der Waals surface area contributed by atoms with E-state index in [9.17, 15) is 5.21 Å². The van der Waals surface area contributed by atoms with Crippen molar-refractivity contribution in [3.8, 4) is 0 Å². The van der Waals surface area contributed by atoms with Crippen LogP contribution in [0.3, 0.4) is 0 Å². The molecule has 3 nitrogen and oxygen atoms in total. The molecule has 2 aromatic carbocycles. The SMILES string of the molecule is ON(Cc1ccccc1)NCc1ccccc1. The summed E-state index contributed by atoms with van der Waals surface area (Å²) in [6.45, 7) is 1.08. The summed E-state index contributed by atoms with van der Waals surface area (Å²) in [6.07, 6.45) is 0. The van der Waals surface area contributed by atoms with Gasteiger partial charge in [-0.25, -0.2) is 5.43 Å². The quantitative estimate of drug-likeness (QED) is 0.772. The van der Waals surface area contributed by atoms with E-state index in [0.717, 1.165) is 16.3 Å². The van der Waals surface area contributed by atoms with Crippen LogP contribution in [-0.4, -0.2) is 10.4 Å². The summed E-state index contributed by atoms with van der Waals surface area (Å²) >= 11 is 0. The lowest BCUT2D eigenvalue weighted by atomic mass is 10.2. The van der Waals surface area contributed by atoms with Crippen LogP contribution in [0.15, 0.2) is 60.7 Å². The molecule has 0 bridgehead atoms. The van der Waals surface area contributed by atoms with Crippen molar-refractivity contribution in [3.63, 3.8) is 0 Å². The summed E-state index contributed by atoms with van der Waals surface area (Å²) in [4.78, 5) is 0. The molecule has 0 aliphatic heterocycles. The lowest BCUT2D eigenvalue weighted by molar-refractivity contribution is -0.147. The highest BCUT2D eigenvalue weighted by Gasteiger charge is 2.00. The van der Waals surface area contributed by atoms with Crippen LogP contribution in [0, 0.1) is 0 Å². The highest BCUT2D eigenvalue weighted by Crippen LogP contribution is 2.02. The van der Waals surface area contributed by atoms with Crippen molar-refractivity contribution < 1.29 is 5.21 Å². The van der Waals surface area contributed by atoms with E-state index in [2.05, 4.69) is 5.43 Å². The van der Waals surface area contributed by atoms with Gasteiger partial charge in [0, 0.05) is 6.54 Å². The summed E-state index contributed by atoms with van der Waals surface area (Å²) in [6, 6.07) is 19.8. The molecule has 0 radical (unpaired) electrons. The number of hydrogen-bond donors (Lipinski definition) is 2. The number of hydrogen-bond acceptors (Lipinski definition) is 3. The topological polar surface area (TPSA) is 35.5 Å². The van der Waals surface area contributed by atoms with Crippen LogP contribution in [0.2, 0.25) is 0 Å². The molecule has 2 aromatic rings. The van der Waals surface area contributed by atoms with Gasteiger partial charge < -0.3 is 0 Å².